The number of hydrazone groups is 1. The average molecular weight is 445 g/mol. The molecule has 0 aliphatic carbocycles. The van der Waals surface area contributed by atoms with E-state index in [4.69, 9.17) is 4.74 Å². The second-order valence-corrected chi connectivity index (χ2v) is 8.75. The van der Waals surface area contributed by atoms with Crippen molar-refractivity contribution in [3.8, 4) is 0 Å². The van der Waals surface area contributed by atoms with Crippen LogP contribution in [-0.2, 0) is 24.3 Å². The maximum atomic E-state index is 13.0. The van der Waals surface area contributed by atoms with Crippen LogP contribution in [0.2, 0.25) is 0 Å². The Labute approximate surface area is 181 Å². The Hall–Kier alpha value is -3.40. The van der Waals surface area contributed by atoms with Crippen molar-refractivity contribution >= 4 is 44.7 Å². The highest BCUT2D eigenvalue weighted by molar-refractivity contribution is 7.92. The molecule has 0 saturated heterocycles. The SMILES string of the molecule is CCOC(=O)C1=NN(c2ccccc2)[C@@H](C(=O)Nc2ccc(NS(=O)(=O)CC)cc2)C1. The Morgan fingerprint density at radius 1 is 1.06 bits per heavy atom. The van der Waals surface area contributed by atoms with E-state index in [0.717, 1.165) is 0 Å². The van der Waals surface area contributed by atoms with Crippen LogP contribution in [0.1, 0.15) is 20.3 Å². The third-order valence-corrected chi connectivity index (χ3v) is 5.86. The number of amides is 1. The van der Waals surface area contributed by atoms with Crippen molar-refractivity contribution in [3.05, 3.63) is 54.6 Å². The zero-order chi connectivity index (χ0) is 22.4. The number of sulfonamides is 1. The number of para-hydroxylation sites is 1. The van der Waals surface area contributed by atoms with Crippen LogP contribution in [0.3, 0.4) is 0 Å². The number of benzene rings is 2. The Kier molecular flexibility index (Phi) is 6.91. The summed E-state index contributed by atoms with van der Waals surface area (Å²) in [4.78, 5) is 25.2. The smallest absolute Gasteiger partial charge is 0.354 e. The Balaban J connectivity index is 1.75. The van der Waals surface area contributed by atoms with Gasteiger partial charge in [0.25, 0.3) is 0 Å². The van der Waals surface area contributed by atoms with E-state index in [0.29, 0.717) is 17.1 Å². The third-order valence-electron chi connectivity index (χ3n) is 4.55. The fraction of sp³-hybridized carbons (Fsp3) is 0.286. The van der Waals surface area contributed by atoms with Crippen molar-refractivity contribution in [1.82, 2.24) is 0 Å². The van der Waals surface area contributed by atoms with Crippen molar-refractivity contribution in [1.29, 1.82) is 0 Å². The molecule has 0 radical (unpaired) electrons. The van der Waals surface area contributed by atoms with Gasteiger partial charge in [-0.25, -0.2) is 13.2 Å². The second-order valence-electron chi connectivity index (χ2n) is 6.74. The zero-order valence-corrected chi connectivity index (χ0v) is 18.1. The Morgan fingerprint density at radius 3 is 2.32 bits per heavy atom. The molecule has 0 bridgehead atoms. The molecule has 2 N–H and O–H groups in total. The van der Waals surface area contributed by atoms with Crippen LogP contribution in [0.4, 0.5) is 17.1 Å². The average Bonchev–Trinajstić information content (AvgIpc) is 3.22. The second kappa shape index (κ2) is 9.61. The molecule has 31 heavy (non-hydrogen) atoms. The van der Waals surface area contributed by atoms with E-state index in [9.17, 15) is 18.0 Å². The van der Waals surface area contributed by atoms with E-state index in [1.165, 1.54) is 5.01 Å². The third kappa shape index (κ3) is 5.60. The number of anilines is 3. The van der Waals surface area contributed by atoms with Gasteiger partial charge in [0.1, 0.15) is 11.8 Å². The number of nitrogens with zero attached hydrogens (tertiary/aromatic N) is 2. The molecule has 0 saturated carbocycles. The number of esters is 1. The summed E-state index contributed by atoms with van der Waals surface area (Å²) in [6.07, 6.45) is 0.105. The molecule has 10 heteroatoms. The van der Waals surface area contributed by atoms with Gasteiger partial charge < -0.3 is 10.1 Å². The standard InChI is InChI=1S/C21H24N4O5S/c1-3-30-21(27)18-14-19(25(23-18)17-8-6-5-7-9-17)20(26)22-15-10-12-16(13-11-15)24-31(28,29)4-2/h5-13,19,24H,3-4,14H2,1-2H3,(H,22,26)/t19-/m1/s1. The summed E-state index contributed by atoms with van der Waals surface area (Å²) in [5.74, 6) is -0.939. The van der Waals surface area contributed by atoms with Crippen LogP contribution in [0.25, 0.3) is 0 Å². The van der Waals surface area contributed by atoms with Crippen LogP contribution in [-0.4, -0.2) is 44.4 Å². The number of carbonyl (C=O) groups is 2. The van der Waals surface area contributed by atoms with Crippen LogP contribution in [0.15, 0.2) is 59.7 Å². The van der Waals surface area contributed by atoms with E-state index in [-0.39, 0.29) is 30.4 Å². The molecule has 0 aromatic heterocycles. The Bertz CT molecular complexity index is 1070. The Morgan fingerprint density at radius 2 is 1.71 bits per heavy atom. The van der Waals surface area contributed by atoms with Gasteiger partial charge in [-0.3, -0.25) is 14.5 Å². The first-order valence-corrected chi connectivity index (χ1v) is 11.5. The fourth-order valence-corrected chi connectivity index (χ4v) is 3.61. The molecule has 164 valence electrons. The molecule has 1 atom stereocenters. The molecule has 2 aromatic rings. The normalized spacial score (nSPS) is 15.9. The first kappa shape index (κ1) is 22.3. The van der Waals surface area contributed by atoms with Gasteiger partial charge in [0.2, 0.25) is 15.9 Å². The molecule has 1 aliphatic heterocycles. The summed E-state index contributed by atoms with van der Waals surface area (Å²) in [6, 6.07) is 14.7. The van der Waals surface area contributed by atoms with Crippen molar-refractivity contribution in [2.45, 2.75) is 26.3 Å². The maximum Gasteiger partial charge on any atom is 0.354 e. The van der Waals surface area contributed by atoms with Crippen molar-refractivity contribution in [2.24, 2.45) is 5.10 Å². The van der Waals surface area contributed by atoms with Crippen LogP contribution < -0.4 is 15.0 Å². The molecule has 0 unspecified atom stereocenters. The van der Waals surface area contributed by atoms with Gasteiger partial charge in [0.15, 0.2) is 0 Å². The minimum Gasteiger partial charge on any atom is -0.461 e. The number of rotatable bonds is 8. The quantitative estimate of drug-likeness (QED) is 0.605. The zero-order valence-electron chi connectivity index (χ0n) is 17.2. The fourth-order valence-electron chi connectivity index (χ4n) is 2.97. The van der Waals surface area contributed by atoms with Gasteiger partial charge in [-0.1, -0.05) is 18.2 Å². The summed E-state index contributed by atoms with van der Waals surface area (Å²) >= 11 is 0. The number of carbonyl (C=O) groups excluding carboxylic acids is 2. The number of nitrogens with one attached hydrogen (secondary N) is 2. The molecule has 0 spiro atoms. The molecule has 0 fully saturated rings. The predicted octanol–water partition coefficient (Wildman–Crippen LogP) is 2.58. The number of hydrogen-bond donors (Lipinski definition) is 2. The monoisotopic (exact) mass is 444 g/mol. The maximum absolute atomic E-state index is 13.0. The van der Waals surface area contributed by atoms with Gasteiger partial charge in [-0.05, 0) is 50.2 Å². The highest BCUT2D eigenvalue weighted by Crippen LogP contribution is 2.26. The van der Waals surface area contributed by atoms with E-state index < -0.39 is 22.0 Å². The van der Waals surface area contributed by atoms with Crippen LogP contribution in [0.5, 0.6) is 0 Å². The van der Waals surface area contributed by atoms with E-state index in [1.54, 1.807) is 50.2 Å². The van der Waals surface area contributed by atoms with Crippen LogP contribution in [0, 0.1) is 0 Å². The highest BCUT2D eigenvalue weighted by atomic mass is 32.2. The molecule has 9 nitrogen and oxygen atoms in total. The topological polar surface area (TPSA) is 117 Å². The van der Waals surface area contributed by atoms with Crippen molar-refractivity contribution in [2.75, 3.05) is 27.4 Å². The molecule has 1 heterocycles. The summed E-state index contributed by atoms with van der Waals surface area (Å²) < 4.78 is 30.8. The molecule has 1 amide bonds. The molecular weight excluding hydrogens is 420 g/mol. The van der Waals surface area contributed by atoms with Gasteiger partial charge in [0.05, 0.1) is 18.0 Å². The molecule has 1 aliphatic rings. The molecule has 2 aromatic carbocycles. The van der Waals surface area contributed by atoms with Crippen molar-refractivity contribution in [3.63, 3.8) is 0 Å². The van der Waals surface area contributed by atoms with Gasteiger partial charge in [0, 0.05) is 17.8 Å². The van der Waals surface area contributed by atoms with Crippen LogP contribution >= 0.6 is 0 Å². The first-order valence-electron chi connectivity index (χ1n) is 9.83. The number of hydrogen-bond acceptors (Lipinski definition) is 7. The predicted molar refractivity (Wildman–Crippen MR) is 120 cm³/mol. The van der Waals surface area contributed by atoms with Crippen molar-refractivity contribution < 1.29 is 22.7 Å². The highest BCUT2D eigenvalue weighted by Gasteiger charge is 2.36. The molecule has 3 rings (SSSR count). The largest absolute Gasteiger partial charge is 0.461 e. The summed E-state index contributed by atoms with van der Waals surface area (Å²) in [6.45, 7) is 3.47. The van der Waals surface area contributed by atoms with E-state index in [2.05, 4.69) is 15.1 Å². The minimum atomic E-state index is -3.38. The lowest BCUT2D eigenvalue weighted by molar-refractivity contribution is -0.135. The lowest BCUT2D eigenvalue weighted by Gasteiger charge is -2.22. The lowest BCUT2D eigenvalue weighted by atomic mass is 10.1. The molecular formula is C21H24N4O5S. The van der Waals surface area contributed by atoms with E-state index >= 15 is 0 Å². The summed E-state index contributed by atoms with van der Waals surface area (Å²) in [5, 5.41) is 8.62. The minimum absolute atomic E-state index is 0.0364. The first-order chi connectivity index (χ1) is 14.8. The van der Waals surface area contributed by atoms with Gasteiger partial charge in [-0.2, -0.15) is 5.10 Å². The van der Waals surface area contributed by atoms with Gasteiger partial charge >= 0.3 is 5.97 Å². The number of ether oxygens (including phenoxy) is 1. The van der Waals surface area contributed by atoms with Gasteiger partial charge in [-0.15, -0.1) is 0 Å². The van der Waals surface area contributed by atoms with E-state index in [1.807, 2.05) is 18.2 Å². The lowest BCUT2D eigenvalue weighted by Crippen LogP contribution is -2.38. The summed E-state index contributed by atoms with van der Waals surface area (Å²) in [7, 11) is -3.38. The summed E-state index contributed by atoms with van der Waals surface area (Å²) in [5.41, 5.74) is 1.74.